The Morgan fingerprint density at radius 2 is 2.17 bits per heavy atom. The number of anilines is 1. The zero-order valence-corrected chi connectivity index (χ0v) is 10.8. The molecule has 0 aliphatic carbocycles. The lowest BCUT2D eigenvalue weighted by molar-refractivity contribution is -0.121. The van der Waals surface area contributed by atoms with E-state index in [1.54, 1.807) is 19.2 Å². The Labute approximate surface area is 107 Å². The van der Waals surface area contributed by atoms with Crippen LogP contribution < -0.4 is 10.1 Å². The monoisotopic (exact) mass is 253 g/mol. The van der Waals surface area contributed by atoms with E-state index in [9.17, 15) is 4.79 Å². The zero-order chi connectivity index (χ0) is 13.2. The average Bonchev–Trinajstić information content (AvgIpc) is 2.35. The fraction of sp³-hybridized carbons (Fsp3) is 0.462. The molecular weight excluding hydrogens is 234 g/mol. The topological polar surface area (TPSA) is 56.8 Å². The molecule has 1 aromatic rings. The number of rotatable bonds is 8. The van der Waals surface area contributed by atoms with Crippen molar-refractivity contribution in [3.05, 3.63) is 24.3 Å². The maximum Gasteiger partial charge on any atom is 0.250 e. The smallest absolute Gasteiger partial charge is 0.250 e. The van der Waals surface area contributed by atoms with Gasteiger partial charge < -0.3 is 19.5 Å². The number of hydrogen-bond donors (Lipinski definition) is 1. The third-order valence-corrected chi connectivity index (χ3v) is 2.09. The minimum absolute atomic E-state index is 0.0161. The Balaban J connectivity index is 2.36. The predicted octanol–water partition coefficient (Wildman–Crippen LogP) is 1.69. The van der Waals surface area contributed by atoms with E-state index in [0.717, 1.165) is 5.75 Å². The molecule has 1 rings (SSSR count). The van der Waals surface area contributed by atoms with Crippen LogP contribution in [-0.2, 0) is 14.3 Å². The molecule has 100 valence electrons. The van der Waals surface area contributed by atoms with Gasteiger partial charge in [0, 0.05) is 18.9 Å². The minimum Gasteiger partial charge on any atom is -0.494 e. The normalized spacial score (nSPS) is 10.1. The molecule has 18 heavy (non-hydrogen) atoms. The molecule has 1 N–H and O–H groups in total. The van der Waals surface area contributed by atoms with Gasteiger partial charge in [0.15, 0.2) is 0 Å². The molecule has 1 aromatic carbocycles. The van der Waals surface area contributed by atoms with E-state index in [1.807, 2.05) is 19.1 Å². The number of carbonyl (C=O) groups is 1. The second-order valence-corrected chi connectivity index (χ2v) is 3.55. The average molecular weight is 253 g/mol. The van der Waals surface area contributed by atoms with Crippen molar-refractivity contribution < 1.29 is 19.0 Å². The van der Waals surface area contributed by atoms with Gasteiger partial charge in [0.1, 0.15) is 12.4 Å². The fourth-order valence-corrected chi connectivity index (χ4v) is 1.33. The van der Waals surface area contributed by atoms with Crippen molar-refractivity contribution in [3.63, 3.8) is 0 Å². The molecular formula is C13H19NO4. The number of amides is 1. The molecule has 0 bridgehead atoms. The Bertz CT molecular complexity index is 368. The van der Waals surface area contributed by atoms with Crippen LogP contribution in [0.1, 0.15) is 6.92 Å². The van der Waals surface area contributed by atoms with Crippen molar-refractivity contribution in [2.45, 2.75) is 6.92 Å². The van der Waals surface area contributed by atoms with Crippen molar-refractivity contribution >= 4 is 11.6 Å². The predicted molar refractivity (Wildman–Crippen MR) is 68.9 cm³/mol. The maximum atomic E-state index is 11.5. The molecule has 0 aliphatic heterocycles. The number of ether oxygens (including phenoxy) is 3. The molecule has 0 aromatic heterocycles. The molecule has 5 nitrogen and oxygen atoms in total. The van der Waals surface area contributed by atoms with Gasteiger partial charge in [-0.1, -0.05) is 6.07 Å². The highest BCUT2D eigenvalue weighted by Gasteiger charge is 2.03. The molecule has 1 amide bonds. The molecule has 0 atom stereocenters. The summed E-state index contributed by atoms with van der Waals surface area (Å²) in [4.78, 5) is 11.5. The third-order valence-electron chi connectivity index (χ3n) is 2.09. The first-order valence-corrected chi connectivity index (χ1v) is 5.85. The van der Waals surface area contributed by atoms with Crippen molar-refractivity contribution in [3.8, 4) is 5.75 Å². The Morgan fingerprint density at radius 3 is 2.89 bits per heavy atom. The van der Waals surface area contributed by atoms with Crippen molar-refractivity contribution in [1.82, 2.24) is 0 Å². The summed E-state index contributed by atoms with van der Waals surface area (Å²) in [5.74, 6) is 0.537. The van der Waals surface area contributed by atoms with Crippen LogP contribution in [0.2, 0.25) is 0 Å². The molecule has 5 heteroatoms. The Hall–Kier alpha value is -1.59. The van der Waals surface area contributed by atoms with Crippen LogP contribution in [-0.4, -0.2) is 39.4 Å². The van der Waals surface area contributed by atoms with Crippen LogP contribution in [0, 0.1) is 0 Å². The lowest BCUT2D eigenvalue weighted by Crippen LogP contribution is -2.19. The molecule has 0 saturated heterocycles. The third kappa shape index (κ3) is 5.65. The lowest BCUT2D eigenvalue weighted by Gasteiger charge is -2.08. The van der Waals surface area contributed by atoms with E-state index in [4.69, 9.17) is 14.2 Å². The Kier molecular flexibility index (Phi) is 6.83. The first-order valence-electron chi connectivity index (χ1n) is 5.85. The molecule has 0 aliphatic rings. The molecule has 0 saturated carbocycles. The summed E-state index contributed by atoms with van der Waals surface area (Å²) < 4.78 is 15.3. The van der Waals surface area contributed by atoms with Crippen molar-refractivity contribution in [1.29, 1.82) is 0 Å². The van der Waals surface area contributed by atoms with Gasteiger partial charge in [0.25, 0.3) is 0 Å². The van der Waals surface area contributed by atoms with E-state index >= 15 is 0 Å². The van der Waals surface area contributed by atoms with Crippen molar-refractivity contribution in [2.24, 2.45) is 0 Å². The van der Waals surface area contributed by atoms with Crippen LogP contribution in [0.4, 0.5) is 5.69 Å². The van der Waals surface area contributed by atoms with Crippen molar-refractivity contribution in [2.75, 3.05) is 38.9 Å². The Morgan fingerprint density at radius 1 is 1.33 bits per heavy atom. The van der Waals surface area contributed by atoms with Gasteiger partial charge in [-0.2, -0.15) is 0 Å². The molecule has 0 unspecified atom stereocenters. The highest BCUT2D eigenvalue weighted by molar-refractivity contribution is 5.91. The van der Waals surface area contributed by atoms with Crippen LogP contribution in [0.3, 0.4) is 0 Å². The summed E-state index contributed by atoms with van der Waals surface area (Å²) in [6.45, 7) is 3.41. The first kappa shape index (κ1) is 14.5. The largest absolute Gasteiger partial charge is 0.494 e. The molecule has 0 fully saturated rings. The van der Waals surface area contributed by atoms with E-state index in [2.05, 4.69) is 5.32 Å². The number of nitrogens with one attached hydrogen (secondary N) is 1. The van der Waals surface area contributed by atoms with Gasteiger partial charge in [-0.05, 0) is 19.1 Å². The summed E-state index contributed by atoms with van der Waals surface area (Å²) in [5, 5.41) is 2.73. The van der Waals surface area contributed by atoms with E-state index in [0.29, 0.717) is 25.5 Å². The number of carbonyl (C=O) groups excluding carboxylic acids is 1. The summed E-state index contributed by atoms with van der Waals surface area (Å²) in [6.07, 6.45) is 0. The van der Waals surface area contributed by atoms with Gasteiger partial charge in [-0.25, -0.2) is 0 Å². The van der Waals surface area contributed by atoms with Gasteiger partial charge >= 0.3 is 0 Å². The summed E-state index contributed by atoms with van der Waals surface area (Å²) in [5.41, 5.74) is 0.696. The van der Waals surface area contributed by atoms with Crippen LogP contribution in [0.15, 0.2) is 24.3 Å². The second-order valence-electron chi connectivity index (χ2n) is 3.55. The lowest BCUT2D eigenvalue weighted by atomic mass is 10.3. The number of benzene rings is 1. The molecule has 0 heterocycles. The highest BCUT2D eigenvalue weighted by Crippen LogP contribution is 2.17. The first-order chi connectivity index (χ1) is 8.76. The zero-order valence-electron chi connectivity index (χ0n) is 10.8. The van der Waals surface area contributed by atoms with Crippen LogP contribution in [0.25, 0.3) is 0 Å². The van der Waals surface area contributed by atoms with Gasteiger partial charge in [0.2, 0.25) is 5.91 Å². The fourth-order valence-electron chi connectivity index (χ4n) is 1.33. The summed E-state index contributed by atoms with van der Waals surface area (Å²) in [7, 11) is 1.59. The summed E-state index contributed by atoms with van der Waals surface area (Å²) >= 11 is 0. The second kappa shape index (κ2) is 8.49. The van der Waals surface area contributed by atoms with E-state index in [1.165, 1.54) is 0 Å². The standard InChI is InChI=1S/C13H19NO4/c1-3-18-12-6-4-5-11(9-12)14-13(15)10-17-8-7-16-2/h4-6,9H,3,7-8,10H2,1-2H3,(H,14,15). The highest BCUT2D eigenvalue weighted by atomic mass is 16.5. The SMILES string of the molecule is CCOc1cccc(NC(=O)COCCOC)c1. The van der Waals surface area contributed by atoms with Gasteiger partial charge in [-0.3, -0.25) is 4.79 Å². The van der Waals surface area contributed by atoms with E-state index in [-0.39, 0.29) is 12.5 Å². The summed E-state index contributed by atoms with van der Waals surface area (Å²) in [6, 6.07) is 7.24. The minimum atomic E-state index is -0.195. The van der Waals surface area contributed by atoms with E-state index < -0.39 is 0 Å². The number of hydrogen-bond acceptors (Lipinski definition) is 4. The molecule has 0 spiro atoms. The number of methoxy groups -OCH3 is 1. The maximum absolute atomic E-state index is 11.5. The quantitative estimate of drug-likeness (QED) is 0.716. The van der Waals surface area contributed by atoms with Gasteiger partial charge in [-0.15, -0.1) is 0 Å². The van der Waals surface area contributed by atoms with Gasteiger partial charge in [0.05, 0.1) is 19.8 Å². The van der Waals surface area contributed by atoms with Crippen LogP contribution in [0.5, 0.6) is 5.75 Å². The van der Waals surface area contributed by atoms with Crippen LogP contribution >= 0.6 is 0 Å². The molecule has 0 radical (unpaired) electrons.